The fraction of sp³-hybridized carbons (Fsp3) is 0.308. The van der Waals surface area contributed by atoms with Crippen molar-refractivity contribution in [2.45, 2.75) is 19.0 Å². The van der Waals surface area contributed by atoms with Crippen molar-refractivity contribution in [3.05, 3.63) is 23.8 Å². The molecule has 0 amide bonds. The quantitative estimate of drug-likeness (QED) is 0.631. The molecule has 0 aliphatic heterocycles. The number of nitrogens with zero attached hydrogens (tertiary/aromatic N) is 4. The molecule has 0 atom stereocenters. The second kappa shape index (κ2) is 6.25. The van der Waals surface area contributed by atoms with Crippen LogP contribution in [0.2, 0.25) is 0 Å². The molecule has 1 aromatic carbocycles. The molecule has 0 saturated heterocycles. The largest absolute Gasteiger partial charge is 0.494 e. The van der Waals surface area contributed by atoms with Crippen LogP contribution in [0.5, 0.6) is 5.75 Å². The maximum Gasteiger partial charge on any atom is 0.215 e. The Bertz CT molecular complexity index is 627. The summed E-state index contributed by atoms with van der Waals surface area (Å²) in [5, 5.41) is 12.5. The number of aromatic nitrogens is 4. The Hall–Kier alpha value is -2.00. The molecule has 0 fully saturated rings. The number of hydrogen-bond acceptors (Lipinski definition) is 5. The third-order valence-corrected chi connectivity index (χ3v) is 3.26. The first-order valence-electron chi connectivity index (χ1n) is 5.72. The maximum atomic E-state index is 5.35. The Kier molecular flexibility index (Phi) is 4.42. The lowest BCUT2D eigenvalue weighted by atomic mass is 10.2. The highest BCUT2D eigenvalue weighted by molar-refractivity contribution is 7.99. The molecule has 1 heterocycles. The standard InChI is InChI=1S/C13H14N4OS/c1-4-5-8-19-13-14-15-16-17(13)11-9-10(2)6-7-12(11)18-3/h6-7,9H,8H2,1-3H3. The number of thioether (sulfide) groups is 1. The Balaban J connectivity index is 2.38. The summed E-state index contributed by atoms with van der Waals surface area (Å²) < 4.78 is 7.03. The first kappa shape index (κ1) is 13.4. The molecule has 2 rings (SSSR count). The van der Waals surface area contributed by atoms with Gasteiger partial charge in [-0.05, 0) is 42.0 Å². The molecule has 0 bridgehead atoms. The molecule has 0 aliphatic carbocycles. The number of aryl methyl sites for hydroxylation is 1. The molecule has 0 saturated carbocycles. The average Bonchev–Trinajstić information content (AvgIpc) is 2.87. The number of rotatable bonds is 4. The highest BCUT2D eigenvalue weighted by Crippen LogP contribution is 2.26. The van der Waals surface area contributed by atoms with Crippen LogP contribution in [0, 0.1) is 18.8 Å². The molecule has 0 N–H and O–H groups in total. The number of methoxy groups -OCH3 is 1. The monoisotopic (exact) mass is 274 g/mol. The van der Waals surface area contributed by atoms with Gasteiger partial charge in [0.05, 0.1) is 12.9 Å². The van der Waals surface area contributed by atoms with Crippen LogP contribution in [0.4, 0.5) is 0 Å². The summed E-state index contributed by atoms with van der Waals surface area (Å²) in [6, 6.07) is 5.89. The number of ether oxygens (including phenoxy) is 1. The first-order valence-corrected chi connectivity index (χ1v) is 6.70. The fourth-order valence-electron chi connectivity index (χ4n) is 1.56. The predicted octanol–water partition coefficient (Wildman–Crippen LogP) is 2.09. The third-order valence-electron chi connectivity index (χ3n) is 2.45. The van der Waals surface area contributed by atoms with Crippen LogP contribution in [0.1, 0.15) is 12.5 Å². The molecule has 5 nitrogen and oxygen atoms in total. The van der Waals surface area contributed by atoms with Crippen LogP contribution in [-0.2, 0) is 0 Å². The lowest BCUT2D eigenvalue weighted by Gasteiger charge is -2.09. The predicted molar refractivity (Wildman–Crippen MR) is 74.6 cm³/mol. The number of tetrazole rings is 1. The van der Waals surface area contributed by atoms with Gasteiger partial charge >= 0.3 is 0 Å². The zero-order chi connectivity index (χ0) is 13.7. The minimum Gasteiger partial charge on any atom is -0.494 e. The molecule has 0 spiro atoms. The molecular formula is C13H14N4OS. The van der Waals surface area contributed by atoms with E-state index in [1.54, 1.807) is 11.8 Å². The lowest BCUT2D eigenvalue weighted by molar-refractivity contribution is 0.410. The van der Waals surface area contributed by atoms with Crippen molar-refractivity contribution in [1.29, 1.82) is 0 Å². The van der Waals surface area contributed by atoms with Gasteiger partial charge in [0.15, 0.2) is 0 Å². The summed E-state index contributed by atoms with van der Waals surface area (Å²) in [5.74, 6) is 7.22. The van der Waals surface area contributed by atoms with Gasteiger partial charge in [0.2, 0.25) is 5.16 Å². The number of benzene rings is 1. The van der Waals surface area contributed by atoms with E-state index >= 15 is 0 Å². The molecule has 0 unspecified atom stereocenters. The van der Waals surface area contributed by atoms with Gasteiger partial charge in [-0.3, -0.25) is 0 Å². The van der Waals surface area contributed by atoms with E-state index < -0.39 is 0 Å². The molecule has 6 heteroatoms. The van der Waals surface area contributed by atoms with Crippen molar-refractivity contribution in [3.63, 3.8) is 0 Å². The molecule has 19 heavy (non-hydrogen) atoms. The van der Waals surface area contributed by atoms with Crippen LogP contribution in [-0.4, -0.2) is 33.1 Å². The van der Waals surface area contributed by atoms with E-state index in [0.29, 0.717) is 10.9 Å². The van der Waals surface area contributed by atoms with Crippen molar-refractivity contribution in [3.8, 4) is 23.3 Å². The molecule has 0 aliphatic rings. The van der Waals surface area contributed by atoms with E-state index in [2.05, 4.69) is 27.4 Å². The van der Waals surface area contributed by atoms with Crippen LogP contribution >= 0.6 is 11.8 Å². The summed E-state index contributed by atoms with van der Waals surface area (Å²) in [6.07, 6.45) is 0. The summed E-state index contributed by atoms with van der Waals surface area (Å²) >= 11 is 1.50. The van der Waals surface area contributed by atoms with E-state index in [1.807, 2.05) is 32.0 Å². The topological polar surface area (TPSA) is 52.8 Å². The van der Waals surface area contributed by atoms with Crippen LogP contribution < -0.4 is 4.74 Å². The van der Waals surface area contributed by atoms with Gasteiger partial charge in [-0.2, -0.15) is 4.68 Å². The van der Waals surface area contributed by atoms with E-state index in [4.69, 9.17) is 4.74 Å². The maximum absolute atomic E-state index is 5.35. The van der Waals surface area contributed by atoms with Crippen molar-refractivity contribution in [2.75, 3.05) is 12.9 Å². The van der Waals surface area contributed by atoms with Gasteiger partial charge in [-0.25, -0.2) is 0 Å². The van der Waals surface area contributed by atoms with Crippen molar-refractivity contribution >= 4 is 11.8 Å². The van der Waals surface area contributed by atoms with Crippen LogP contribution in [0.25, 0.3) is 5.69 Å². The highest BCUT2D eigenvalue weighted by atomic mass is 32.2. The highest BCUT2D eigenvalue weighted by Gasteiger charge is 2.13. The van der Waals surface area contributed by atoms with Gasteiger partial charge in [0, 0.05) is 0 Å². The Labute approximate surface area is 116 Å². The van der Waals surface area contributed by atoms with E-state index in [0.717, 1.165) is 17.0 Å². The van der Waals surface area contributed by atoms with Gasteiger partial charge < -0.3 is 4.74 Å². The van der Waals surface area contributed by atoms with Crippen molar-refractivity contribution < 1.29 is 4.74 Å². The second-order valence-electron chi connectivity index (χ2n) is 3.76. The Morgan fingerprint density at radius 1 is 1.42 bits per heavy atom. The van der Waals surface area contributed by atoms with Gasteiger partial charge in [0.25, 0.3) is 0 Å². The van der Waals surface area contributed by atoms with Crippen molar-refractivity contribution in [2.24, 2.45) is 0 Å². The smallest absolute Gasteiger partial charge is 0.215 e. The van der Waals surface area contributed by atoms with Gasteiger partial charge in [0.1, 0.15) is 11.4 Å². The van der Waals surface area contributed by atoms with E-state index in [1.165, 1.54) is 11.8 Å². The van der Waals surface area contributed by atoms with Gasteiger partial charge in [-0.15, -0.1) is 11.0 Å². The average molecular weight is 274 g/mol. The minimum absolute atomic E-state index is 0.658. The molecule has 0 radical (unpaired) electrons. The SMILES string of the molecule is CC#CCSc1nnnn1-c1cc(C)ccc1OC. The second-order valence-corrected chi connectivity index (χ2v) is 4.71. The van der Waals surface area contributed by atoms with E-state index in [9.17, 15) is 0 Å². The summed E-state index contributed by atoms with van der Waals surface area (Å²) in [4.78, 5) is 0. The first-order chi connectivity index (χ1) is 9.26. The Morgan fingerprint density at radius 2 is 2.26 bits per heavy atom. The zero-order valence-corrected chi connectivity index (χ0v) is 11.9. The summed E-state index contributed by atoms with van der Waals surface area (Å²) in [5.41, 5.74) is 1.95. The summed E-state index contributed by atoms with van der Waals surface area (Å²) in [6.45, 7) is 3.83. The van der Waals surface area contributed by atoms with Gasteiger partial charge in [-0.1, -0.05) is 23.7 Å². The van der Waals surface area contributed by atoms with Crippen LogP contribution in [0.3, 0.4) is 0 Å². The molecular weight excluding hydrogens is 260 g/mol. The zero-order valence-electron chi connectivity index (χ0n) is 11.0. The fourth-order valence-corrected chi connectivity index (χ4v) is 2.26. The summed E-state index contributed by atoms with van der Waals surface area (Å²) in [7, 11) is 1.63. The third kappa shape index (κ3) is 3.06. The van der Waals surface area contributed by atoms with Crippen molar-refractivity contribution in [1.82, 2.24) is 20.2 Å². The molecule has 98 valence electrons. The Morgan fingerprint density at radius 3 is 3.00 bits per heavy atom. The van der Waals surface area contributed by atoms with Crippen LogP contribution in [0.15, 0.2) is 23.4 Å². The lowest BCUT2D eigenvalue weighted by Crippen LogP contribution is -2.02. The minimum atomic E-state index is 0.658. The normalized spacial score (nSPS) is 9.84. The molecule has 2 aromatic rings. The number of hydrogen-bond donors (Lipinski definition) is 0. The van der Waals surface area contributed by atoms with E-state index in [-0.39, 0.29) is 0 Å². The molecule has 1 aromatic heterocycles.